The van der Waals surface area contributed by atoms with E-state index in [-0.39, 0.29) is 18.1 Å². The molecule has 0 spiro atoms. The number of aromatic hydroxyl groups is 1. The number of hydrogen-bond donors (Lipinski definition) is 3. The van der Waals surface area contributed by atoms with Crippen LogP contribution in [0.4, 0.5) is 0 Å². The number of aliphatic carboxylic acids is 1. The summed E-state index contributed by atoms with van der Waals surface area (Å²) in [6.07, 6.45) is 0.0791. The van der Waals surface area contributed by atoms with E-state index in [9.17, 15) is 19.8 Å². The number of carbonyl (C=O) groups excluding carboxylic acids is 1. The van der Waals surface area contributed by atoms with Gasteiger partial charge in [0, 0.05) is 0 Å². The van der Waals surface area contributed by atoms with E-state index in [0.717, 1.165) is 15.8 Å². The summed E-state index contributed by atoms with van der Waals surface area (Å²) >= 11 is 1.48. The first-order chi connectivity index (χ1) is 11.5. The Bertz CT molecular complexity index is 889. The average Bonchev–Trinajstić information content (AvgIpc) is 3.01. The van der Waals surface area contributed by atoms with E-state index in [1.54, 1.807) is 11.6 Å². The van der Waals surface area contributed by atoms with Gasteiger partial charge < -0.3 is 15.5 Å². The van der Waals surface area contributed by atoms with Crippen molar-refractivity contribution >= 4 is 33.4 Å². The number of phenols is 1. The summed E-state index contributed by atoms with van der Waals surface area (Å²) in [5.41, 5.74) is 3.79. The molecule has 0 aliphatic rings. The van der Waals surface area contributed by atoms with Crippen molar-refractivity contribution in [3.8, 4) is 5.75 Å². The van der Waals surface area contributed by atoms with E-state index in [1.807, 2.05) is 12.1 Å². The molecule has 0 radical (unpaired) electrons. The topological polar surface area (TPSA) is 99.5 Å². The van der Waals surface area contributed by atoms with Crippen LogP contribution in [0.25, 0.3) is 10.2 Å². The molecule has 3 aromatic rings. The smallest absolute Gasteiger partial charge is 0.330 e. The van der Waals surface area contributed by atoms with Gasteiger partial charge in [0.05, 0.1) is 22.1 Å². The van der Waals surface area contributed by atoms with Crippen molar-refractivity contribution in [2.75, 3.05) is 0 Å². The van der Waals surface area contributed by atoms with Gasteiger partial charge in [0.15, 0.2) is 6.04 Å². The summed E-state index contributed by atoms with van der Waals surface area (Å²) in [7, 11) is 0. The zero-order chi connectivity index (χ0) is 17.1. The number of aromatic nitrogens is 1. The number of carbonyl (C=O) groups is 2. The minimum absolute atomic E-state index is 0.0343. The molecule has 6 nitrogen and oxygen atoms in total. The molecule has 0 aliphatic carbocycles. The molecule has 2 aromatic carbocycles. The van der Waals surface area contributed by atoms with Crippen LogP contribution in [0, 0.1) is 0 Å². The van der Waals surface area contributed by atoms with E-state index in [1.165, 1.54) is 35.6 Å². The molecular weight excluding hydrogens is 328 g/mol. The Morgan fingerprint density at radius 3 is 2.62 bits per heavy atom. The Morgan fingerprint density at radius 1 is 1.17 bits per heavy atom. The molecule has 0 saturated carbocycles. The van der Waals surface area contributed by atoms with Gasteiger partial charge in [-0.3, -0.25) is 4.79 Å². The molecule has 122 valence electrons. The highest BCUT2D eigenvalue weighted by atomic mass is 32.1. The number of fused-ring (bicyclic) bond motifs is 1. The number of hydrogen-bond acceptors (Lipinski definition) is 5. The van der Waals surface area contributed by atoms with Crippen molar-refractivity contribution in [1.29, 1.82) is 0 Å². The lowest BCUT2D eigenvalue weighted by atomic mass is 10.1. The lowest BCUT2D eigenvalue weighted by Gasteiger charge is -2.15. The van der Waals surface area contributed by atoms with Gasteiger partial charge in [-0.1, -0.05) is 18.2 Å². The van der Waals surface area contributed by atoms with E-state index < -0.39 is 12.0 Å². The maximum atomic E-state index is 12.2. The Balaban J connectivity index is 1.73. The average molecular weight is 342 g/mol. The molecule has 0 saturated heterocycles. The van der Waals surface area contributed by atoms with Crippen LogP contribution >= 0.6 is 11.3 Å². The van der Waals surface area contributed by atoms with Crippen LogP contribution < -0.4 is 5.32 Å². The monoisotopic (exact) mass is 342 g/mol. The number of benzene rings is 2. The van der Waals surface area contributed by atoms with Gasteiger partial charge in [0.25, 0.3) is 0 Å². The van der Waals surface area contributed by atoms with Crippen molar-refractivity contribution in [3.05, 3.63) is 59.1 Å². The largest absolute Gasteiger partial charge is 0.508 e. The maximum absolute atomic E-state index is 12.2. The fourth-order valence-corrected chi connectivity index (χ4v) is 3.10. The summed E-state index contributed by atoms with van der Waals surface area (Å²) in [5.74, 6) is -1.52. The minimum atomic E-state index is -1.16. The molecule has 0 aliphatic heterocycles. The van der Waals surface area contributed by atoms with Gasteiger partial charge in [-0.05, 0) is 35.4 Å². The Labute approximate surface area is 141 Å². The fraction of sp³-hybridized carbons (Fsp3) is 0.118. The first-order valence-corrected chi connectivity index (χ1v) is 8.04. The summed E-state index contributed by atoms with van der Waals surface area (Å²) in [6.45, 7) is 0. The number of thiazole rings is 1. The van der Waals surface area contributed by atoms with Gasteiger partial charge in [0.1, 0.15) is 5.75 Å². The van der Waals surface area contributed by atoms with Gasteiger partial charge in [-0.25, -0.2) is 9.78 Å². The van der Waals surface area contributed by atoms with E-state index in [0.29, 0.717) is 5.56 Å². The number of amides is 1. The molecule has 3 rings (SSSR count). The molecule has 1 heterocycles. The highest BCUT2D eigenvalue weighted by Gasteiger charge is 2.22. The SMILES string of the molecule is O=C(Cc1ccc2ncsc2c1)N[C@@H](C(=O)O)c1ccc(O)cc1. The molecule has 7 heteroatoms. The molecule has 0 unspecified atom stereocenters. The van der Waals surface area contributed by atoms with Crippen LogP contribution in [0.1, 0.15) is 17.2 Å². The zero-order valence-corrected chi connectivity index (χ0v) is 13.3. The van der Waals surface area contributed by atoms with Crippen LogP contribution in [0.3, 0.4) is 0 Å². The molecule has 0 bridgehead atoms. The number of rotatable bonds is 5. The van der Waals surface area contributed by atoms with Crippen molar-refractivity contribution in [1.82, 2.24) is 10.3 Å². The van der Waals surface area contributed by atoms with Crippen molar-refractivity contribution in [2.24, 2.45) is 0 Å². The van der Waals surface area contributed by atoms with Crippen molar-refractivity contribution in [3.63, 3.8) is 0 Å². The van der Waals surface area contributed by atoms with Crippen LogP contribution in [0.2, 0.25) is 0 Å². The number of carboxylic acids is 1. The Kier molecular flexibility index (Phi) is 4.43. The standard InChI is InChI=1S/C17H14N2O4S/c20-12-4-2-11(3-5-12)16(17(22)23)19-15(21)8-10-1-6-13-14(7-10)24-9-18-13/h1-7,9,16,20H,8H2,(H,19,21)(H,22,23)/t16-/m1/s1. The maximum Gasteiger partial charge on any atom is 0.330 e. The van der Waals surface area contributed by atoms with Crippen LogP contribution in [0.15, 0.2) is 48.0 Å². The molecule has 1 amide bonds. The first kappa shape index (κ1) is 15.9. The third kappa shape index (κ3) is 3.52. The second kappa shape index (κ2) is 6.67. The number of phenolic OH excluding ortho intramolecular Hbond substituents is 1. The highest BCUT2D eigenvalue weighted by molar-refractivity contribution is 7.16. The van der Waals surface area contributed by atoms with Crippen LogP contribution in [-0.2, 0) is 16.0 Å². The quantitative estimate of drug-likeness (QED) is 0.661. The summed E-state index contributed by atoms with van der Waals surface area (Å²) < 4.78 is 0.980. The number of carboxylic acid groups (broad SMARTS) is 1. The predicted molar refractivity (Wildman–Crippen MR) is 90.0 cm³/mol. The van der Waals surface area contributed by atoms with Gasteiger partial charge in [0.2, 0.25) is 5.91 Å². The zero-order valence-electron chi connectivity index (χ0n) is 12.5. The number of nitrogens with zero attached hydrogens (tertiary/aromatic N) is 1. The minimum Gasteiger partial charge on any atom is -0.508 e. The third-order valence-corrected chi connectivity index (χ3v) is 4.33. The van der Waals surface area contributed by atoms with E-state index in [4.69, 9.17) is 0 Å². The second-order valence-corrected chi connectivity index (χ2v) is 6.15. The second-order valence-electron chi connectivity index (χ2n) is 5.26. The predicted octanol–water partition coefficient (Wildman–Crippen LogP) is 2.49. The molecule has 24 heavy (non-hydrogen) atoms. The van der Waals surface area contributed by atoms with E-state index in [2.05, 4.69) is 10.3 Å². The molecule has 1 atom stereocenters. The van der Waals surface area contributed by atoms with Gasteiger partial charge in [-0.2, -0.15) is 0 Å². The lowest BCUT2D eigenvalue weighted by molar-refractivity contribution is -0.141. The Morgan fingerprint density at radius 2 is 1.92 bits per heavy atom. The molecular formula is C17H14N2O4S. The summed E-state index contributed by atoms with van der Waals surface area (Å²) in [4.78, 5) is 27.8. The van der Waals surface area contributed by atoms with Crippen molar-refractivity contribution < 1.29 is 19.8 Å². The third-order valence-electron chi connectivity index (χ3n) is 3.54. The number of nitrogens with one attached hydrogen (secondary N) is 1. The van der Waals surface area contributed by atoms with Gasteiger partial charge in [-0.15, -0.1) is 11.3 Å². The lowest BCUT2D eigenvalue weighted by Crippen LogP contribution is -2.34. The molecule has 0 fully saturated rings. The summed E-state index contributed by atoms with van der Waals surface area (Å²) in [6, 6.07) is 10.1. The molecule has 1 aromatic heterocycles. The normalized spacial score (nSPS) is 12.0. The first-order valence-electron chi connectivity index (χ1n) is 7.16. The van der Waals surface area contributed by atoms with Gasteiger partial charge >= 0.3 is 5.97 Å². The fourth-order valence-electron chi connectivity index (χ4n) is 2.36. The molecule has 3 N–H and O–H groups in total. The van der Waals surface area contributed by atoms with Crippen LogP contribution in [0.5, 0.6) is 5.75 Å². The highest BCUT2D eigenvalue weighted by Crippen LogP contribution is 2.20. The van der Waals surface area contributed by atoms with E-state index >= 15 is 0 Å². The summed E-state index contributed by atoms with van der Waals surface area (Å²) in [5, 5.41) is 21.1. The van der Waals surface area contributed by atoms with Crippen LogP contribution in [-0.4, -0.2) is 27.1 Å². The Hall–Kier alpha value is -2.93. The van der Waals surface area contributed by atoms with Crippen molar-refractivity contribution in [2.45, 2.75) is 12.5 Å².